The number of amides is 1. The molecule has 0 aliphatic carbocycles. The highest BCUT2D eigenvalue weighted by Gasteiger charge is 2.20. The lowest BCUT2D eigenvalue weighted by Gasteiger charge is -2.16. The number of sulfonamides is 1. The number of benzene rings is 2. The number of H-pyrrole nitrogens is 1. The summed E-state index contributed by atoms with van der Waals surface area (Å²) in [6, 6.07) is 10.6. The Kier molecular flexibility index (Phi) is 7.64. The minimum atomic E-state index is -3.61. The molecular formula is C28H29FN4O5S. The maximum absolute atomic E-state index is 15.0. The van der Waals surface area contributed by atoms with Crippen LogP contribution in [-0.2, 0) is 17.1 Å². The third kappa shape index (κ3) is 5.73. The number of nitrogens with zero attached hydrogens (tertiary/aromatic N) is 1. The monoisotopic (exact) mass is 552 g/mol. The van der Waals surface area contributed by atoms with Crippen molar-refractivity contribution in [3.8, 4) is 22.6 Å². The van der Waals surface area contributed by atoms with Gasteiger partial charge in [-0.05, 0) is 62.7 Å². The molecule has 0 saturated carbocycles. The largest absolute Gasteiger partial charge is 0.454 e. The number of halogens is 1. The topological polar surface area (TPSA) is 122 Å². The summed E-state index contributed by atoms with van der Waals surface area (Å²) < 4.78 is 49.4. The summed E-state index contributed by atoms with van der Waals surface area (Å²) in [6.07, 6.45) is 1.56. The van der Waals surface area contributed by atoms with Crippen LogP contribution >= 0.6 is 0 Å². The summed E-state index contributed by atoms with van der Waals surface area (Å²) in [5, 5.41) is 3.11. The first-order valence-electron chi connectivity index (χ1n) is 12.2. The van der Waals surface area contributed by atoms with Gasteiger partial charge in [-0.25, -0.2) is 12.8 Å². The van der Waals surface area contributed by atoms with Crippen LogP contribution in [0.4, 0.5) is 10.1 Å². The number of aromatic nitrogens is 2. The second kappa shape index (κ2) is 10.8. The molecule has 0 bridgehead atoms. The fourth-order valence-electron chi connectivity index (χ4n) is 4.04. The third-order valence-electron chi connectivity index (χ3n) is 6.11. The number of anilines is 1. The van der Waals surface area contributed by atoms with Crippen LogP contribution in [0.15, 0.2) is 60.0 Å². The van der Waals surface area contributed by atoms with Gasteiger partial charge in [-0.15, -0.1) is 0 Å². The van der Waals surface area contributed by atoms with E-state index >= 15 is 0 Å². The molecule has 9 nitrogen and oxygen atoms in total. The molecule has 2 heterocycles. The zero-order valence-corrected chi connectivity index (χ0v) is 22.8. The van der Waals surface area contributed by atoms with Gasteiger partial charge < -0.3 is 19.6 Å². The van der Waals surface area contributed by atoms with E-state index in [1.165, 1.54) is 35.8 Å². The number of hydrogen-bond acceptors (Lipinski definition) is 5. The number of allylic oxidation sites excluding steroid dienone is 1. The van der Waals surface area contributed by atoms with Gasteiger partial charge in [0.1, 0.15) is 17.0 Å². The predicted octanol–water partition coefficient (Wildman–Crippen LogP) is 5.01. The fourth-order valence-corrected chi connectivity index (χ4v) is 4.67. The van der Waals surface area contributed by atoms with Crippen LogP contribution in [-0.4, -0.2) is 36.2 Å². The molecule has 39 heavy (non-hydrogen) atoms. The highest BCUT2D eigenvalue weighted by Crippen LogP contribution is 2.39. The molecule has 0 fully saturated rings. The molecule has 0 spiro atoms. The normalized spacial score (nSPS) is 11.4. The smallest absolute Gasteiger partial charge is 0.274 e. The Morgan fingerprint density at radius 1 is 1.10 bits per heavy atom. The first kappa shape index (κ1) is 27.6. The highest BCUT2D eigenvalue weighted by atomic mass is 32.2. The van der Waals surface area contributed by atoms with Gasteiger partial charge in [-0.3, -0.25) is 14.3 Å². The Morgan fingerprint density at radius 3 is 2.46 bits per heavy atom. The Labute approximate surface area is 225 Å². The molecule has 4 aromatic rings. The van der Waals surface area contributed by atoms with E-state index < -0.39 is 15.8 Å². The minimum absolute atomic E-state index is 0.0544. The minimum Gasteiger partial charge on any atom is -0.454 e. The zero-order valence-electron chi connectivity index (χ0n) is 22.0. The first-order valence-corrected chi connectivity index (χ1v) is 13.9. The van der Waals surface area contributed by atoms with E-state index in [0.29, 0.717) is 34.2 Å². The number of carbonyl (C=O) groups excluding carboxylic acids is 1. The SMILES string of the molecule is C=C(C)c1ccc(Oc2ccc(NS(=O)(=O)CC)cc2-c2cn(C)c(=O)c3[nH]c(C(=O)NCC)cc23)c(F)c1. The molecule has 0 aliphatic rings. The van der Waals surface area contributed by atoms with Crippen molar-refractivity contribution >= 4 is 38.1 Å². The van der Waals surface area contributed by atoms with Crippen LogP contribution in [0, 0.1) is 5.82 Å². The fraction of sp³-hybridized carbons (Fsp3) is 0.214. The molecule has 3 N–H and O–H groups in total. The van der Waals surface area contributed by atoms with Crippen molar-refractivity contribution in [2.24, 2.45) is 7.05 Å². The van der Waals surface area contributed by atoms with Crippen LogP contribution < -0.4 is 20.3 Å². The number of hydrogen-bond donors (Lipinski definition) is 3. The lowest BCUT2D eigenvalue weighted by Crippen LogP contribution is -2.23. The summed E-state index contributed by atoms with van der Waals surface area (Å²) in [7, 11) is -2.05. The van der Waals surface area contributed by atoms with E-state index in [2.05, 4.69) is 21.6 Å². The van der Waals surface area contributed by atoms with Crippen LogP contribution in [0.2, 0.25) is 0 Å². The first-order chi connectivity index (χ1) is 18.4. The van der Waals surface area contributed by atoms with Gasteiger partial charge in [-0.2, -0.15) is 0 Å². The summed E-state index contributed by atoms with van der Waals surface area (Å²) in [5.74, 6) is -0.984. The van der Waals surface area contributed by atoms with Crippen molar-refractivity contribution in [2.75, 3.05) is 17.0 Å². The molecule has 1 amide bonds. The van der Waals surface area contributed by atoms with Crippen LogP contribution in [0.5, 0.6) is 11.5 Å². The van der Waals surface area contributed by atoms with Crippen molar-refractivity contribution in [1.82, 2.24) is 14.9 Å². The van der Waals surface area contributed by atoms with Gasteiger partial charge >= 0.3 is 0 Å². The average molecular weight is 553 g/mol. The molecule has 204 valence electrons. The maximum atomic E-state index is 15.0. The van der Waals surface area contributed by atoms with Gasteiger partial charge in [0.25, 0.3) is 11.5 Å². The number of fused-ring (bicyclic) bond motifs is 1. The highest BCUT2D eigenvalue weighted by molar-refractivity contribution is 7.92. The zero-order chi connectivity index (χ0) is 28.5. The number of carbonyl (C=O) groups is 1. The van der Waals surface area contributed by atoms with E-state index in [4.69, 9.17) is 4.74 Å². The number of nitrogens with one attached hydrogen (secondary N) is 3. The number of ether oxygens (including phenoxy) is 1. The Hall–Kier alpha value is -4.38. The molecule has 0 radical (unpaired) electrons. The Bertz CT molecular complexity index is 1770. The van der Waals surface area contributed by atoms with Crippen LogP contribution in [0.3, 0.4) is 0 Å². The predicted molar refractivity (Wildman–Crippen MR) is 151 cm³/mol. The van der Waals surface area contributed by atoms with Gasteiger partial charge in [0.05, 0.1) is 5.75 Å². The molecular weight excluding hydrogens is 523 g/mol. The Balaban J connectivity index is 1.94. The number of aryl methyl sites for hydroxylation is 1. The molecule has 0 atom stereocenters. The van der Waals surface area contributed by atoms with E-state index in [1.54, 1.807) is 45.3 Å². The van der Waals surface area contributed by atoms with Crippen LogP contribution in [0.1, 0.15) is 36.8 Å². The van der Waals surface area contributed by atoms with Crippen molar-refractivity contribution < 1.29 is 22.3 Å². The van der Waals surface area contributed by atoms with Crippen LogP contribution in [0.25, 0.3) is 27.6 Å². The van der Waals surface area contributed by atoms with Gasteiger partial charge in [0, 0.05) is 42.0 Å². The van der Waals surface area contributed by atoms with Crippen molar-refractivity contribution in [3.05, 3.63) is 82.7 Å². The lowest BCUT2D eigenvalue weighted by atomic mass is 10.0. The Morgan fingerprint density at radius 2 is 1.82 bits per heavy atom. The van der Waals surface area contributed by atoms with E-state index in [0.717, 1.165) is 0 Å². The van der Waals surface area contributed by atoms with Crippen molar-refractivity contribution in [3.63, 3.8) is 0 Å². The van der Waals surface area contributed by atoms with Gasteiger partial charge in [0.2, 0.25) is 10.0 Å². The summed E-state index contributed by atoms with van der Waals surface area (Å²) in [5.41, 5.74) is 2.39. The molecule has 11 heteroatoms. The maximum Gasteiger partial charge on any atom is 0.274 e. The molecule has 0 saturated heterocycles. The summed E-state index contributed by atoms with van der Waals surface area (Å²) >= 11 is 0. The average Bonchev–Trinajstić information content (AvgIpc) is 3.34. The molecule has 0 aliphatic heterocycles. The standard InChI is InChI=1S/C28H29FN4O5S/c1-6-30-27(34)23-14-20-21(15-33(5)28(35)26(20)31-23)19-13-18(32-39(36,37)7-2)9-11-24(19)38-25-10-8-17(16(3)4)12-22(25)29/h8-15,31-32H,3,6-7H2,1-2,4-5H3,(H,30,34). The lowest BCUT2D eigenvalue weighted by molar-refractivity contribution is 0.0951. The summed E-state index contributed by atoms with van der Waals surface area (Å²) in [6.45, 7) is 9.28. The quantitative estimate of drug-likeness (QED) is 0.270. The van der Waals surface area contributed by atoms with E-state index in [-0.39, 0.29) is 45.6 Å². The van der Waals surface area contributed by atoms with E-state index in [9.17, 15) is 22.4 Å². The van der Waals surface area contributed by atoms with Crippen molar-refractivity contribution in [1.29, 1.82) is 0 Å². The van der Waals surface area contributed by atoms with Crippen molar-refractivity contribution in [2.45, 2.75) is 20.8 Å². The second-order valence-corrected chi connectivity index (χ2v) is 11.0. The van der Waals surface area contributed by atoms with E-state index in [1.807, 2.05) is 0 Å². The third-order valence-corrected chi connectivity index (χ3v) is 7.42. The summed E-state index contributed by atoms with van der Waals surface area (Å²) in [4.78, 5) is 28.3. The van der Waals surface area contributed by atoms with Gasteiger partial charge in [0.15, 0.2) is 11.6 Å². The molecule has 4 rings (SSSR count). The molecule has 0 unspecified atom stereocenters. The molecule has 2 aromatic carbocycles. The van der Waals surface area contributed by atoms with Gasteiger partial charge in [-0.1, -0.05) is 18.2 Å². The molecule has 2 aromatic heterocycles. The number of pyridine rings is 1. The number of rotatable bonds is 9. The second-order valence-electron chi connectivity index (χ2n) is 9.03. The number of aromatic amines is 1.